The second-order valence-electron chi connectivity index (χ2n) is 6.27. The fraction of sp³-hybridized carbons (Fsp3) is 0.238. The van der Waals surface area contributed by atoms with Crippen molar-refractivity contribution in [1.29, 1.82) is 10.5 Å². The molecule has 1 atom stereocenters. The van der Waals surface area contributed by atoms with E-state index in [1.54, 1.807) is 6.07 Å². The van der Waals surface area contributed by atoms with E-state index in [1.165, 1.54) is 4.68 Å². The molecule has 1 aromatic heterocycles. The first-order valence-electron chi connectivity index (χ1n) is 8.47. The molecular weight excluding hydrogens is 324 g/mol. The first-order valence-corrected chi connectivity index (χ1v) is 8.47. The van der Waals surface area contributed by atoms with Gasteiger partial charge in [0, 0.05) is 17.4 Å². The van der Waals surface area contributed by atoms with Crippen molar-refractivity contribution in [3.63, 3.8) is 0 Å². The minimum absolute atomic E-state index is 0.181. The number of nitrogens with zero attached hydrogens (tertiary/aromatic N) is 4. The third-order valence-electron chi connectivity index (χ3n) is 4.37. The highest BCUT2D eigenvalue weighted by Crippen LogP contribution is 2.25. The van der Waals surface area contributed by atoms with Crippen LogP contribution < -0.4 is 5.56 Å². The molecule has 0 radical (unpaired) electrons. The zero-order valence-corrected chi connectivity index (χ0v) is 14.5. The van der Waals surface area contributed by atoms with Crippen LogP contribution in [0.15, 0.2) is 53.3 Å². The van der Waals surface area contributed by atoms with Gasteiger partial charge in [-0.2, -0.15) is 15.6 Å². The van der Waals surface area contributed by atoms with Gasteiger partial charge in [0.2, 0.25) is 0 Å². The largest absolute Gasteiger partial charge is 0.274 e. The van der Waals surface area contributed by atoms with Gasteiger partial charge in [0.15, 0.2) is 0 Å². The van der Waals surface area contributed by atoms with Gasteiger partial charge >= 0.3 is 0 Å². The van der Waals surface area contributed by atoms with Crippen LogP contribution in [0.1, 0.15) is 18.4 Å². The number of nitriles is 2. The average molecular weight is 342 g/mol. The Morgan fingerprint density at radius 1 is 1.08 bits per heavy atom. The SMILES string of the molecule is Cc1ccc(-c2nn(C[C@@H](C#N)CCC#N)c(=O)c3ccccc23)cc1. The van der Waals surface area contributed by atoms with Crippen molar-refractivity contribution >= 4 is 10.8 Å². The Bertz CT molecular complexity index is 1070. The summed E-state index contributed by atoms with van der Waals surface area (Å²) in [6, 6.07) is 19.6. The highest BCUT2D eigenvalue weighted by atomic mass is 16.1. The molecule has 26 heavy (non-hydrogen) atoms. The first kappa shape index (κ1) is 17.4. The molecule has 128 valence electrons. The van der Waals surface area contributed by atoms with E-state index in [0.717, 1.165) is 22.2 Å². The second-order valence-corrected chi connectivity index (χ2v) is 6.27. The Balaban J connectivity index is 2.14. The van der Waals surface area contributed by atoms with Crippen LogP contribution in [0, 0.1) is 35.5 Å². The number of aromatic nitrogens is 2. The van der Waals surface area contributed by atoms with Gasteiger partial charge in [0.05, 0.1) is 35.7 Å². The summed E-state index contributed by atoms with van der Waals surface area (Å²) in [4.78, 5) is 12.8. The average Bonchev–Trinajstić information content (AvgIpc) is 2.67. The lowest BCUT2D eigenvalue weighted by Gasteiger charge is -2.13. The van der Waals surface area contributed by atoms with Gasteiger partial charge in [0.25, 0.3) is 5.56 Å². The lowest BCUT2D eigenvalue weighted by molar-refractivity contribution is 0.463. The maximum Gasteiger partial charge on any atom is 0.274 e. The number of rotatable bonds is 5. The second kappa shape index (κ2) is 7.63. The standard InChI is InChI=1S/C21H18N4O/c1-15-8-10-17(11-9-15)20-18-6-2-3-7-19(18)21(26)25(24-20)14-16(13-23)5-4-12-22/h2-3,6-11,16H,4-5,14H2,1H3/t16-/m1/s1. The summed E-state index contributed by atoms with van der Waals surface area (Å²) >= 11 is 0. The van der Waals surface area contributed by atoms with Gasteiger partial charge < -0.3 is 0 Å². The van der Waals surface area contributed by atoms with Crippen molar-refractivity contribution in [3.8, 4) is 23.4 Å². The molecule has 0 bridgehead atoms. The molecule has 0 aliphatic rings. The van der Waals surface area contributed by atoms with E-state index in [2.05, 4.69) is 11.2 Å². The molecule has 3 rings (SSSR count). The quantitative estimate of drug-likeness (QED) is 0.706. The van der Waals surface area contributed by atoms with E-state index in [9.17, 15) is 10.1 Å². The molecule has 0 spiro atoms. The Morgan fingerprint density at radius 2 is 1.77 bits per heavy atom. The molecule has 0 fully saturated rings. The summed E-state index contributed by atoms with van der Waals surface area (Å²) in [6.07, 6.45) is 0.708. The summed E-state index contributed by atoms with van der Waals surface area (Å²) in [5, 5.41) is 24.0. The van der Waals surface area contributed by atoms with E-state index < -0.39 is 5.92 Å². The molecule has 0 amide bonds. The summed E-state index contributed by atoms with van der Waals surface area (Å²) in [6.45, 7) is 2.20. The summed E-state index contributed by atoms with van der Waals surface area (Å²) in [7, 11) is 0. The number of fused-ring (bicyclic) bond motifs is 1. The van der Waals surface area contributed by atoms with Crippen LogP contribution in [-0.2, 0) is 6.54 Å². The van der Waals surface area contributed by atoms with Crippen molar-refractivity contribution < 1.29 is 0 Å². The summed E-state index contributed by atoms with van der Waals surface area (Å²) in [5.41, 5.74) is 2.57. The monoisotopic (exact) mass is 342 g/mol. The molecule has 0 unspecified atom stereocenters. The van der Waals surface area contributed by atoms with E-state index in [4.69, 9.17) is 5.26 Å². The van der Waals surface area contributed by atoms with Crippen molar-refractivity contribution in [2.24, 2.45) is 5.92 Å². The van der Waals surface area contributed by atoms with Crippen LogP contribution in [0.2, 0.25) is 0 Å². The molecule has 5 nitrogen and oxygen atoms in total. The normalized spacial score (nSPS) is 11.7. The summed E-state index contributed by atoms with van der Waals surface area (Å²) < 4.78 is 1.36. The van der Waals surface area contributed by atoms with Gasteiger partial charge in [0.1, 0.15) is 0 Å². The van der Waals surface area contributed by atoms with E-state index >= 15 is 0 Å². The van der Waals surface area contributed by atoms with Crippen molar-refractivity contribution in [2.45, 2.75) is 26.3 Å². The Morgan fingerprint density at radius 3 is 2.42 bits per heavy atom. The van der Waals surface area contributed by atoms with E-state index in [0.29, 0.717) is 11.8 Å². The fourth-order valence-corrected chi connectivity index (χ4v) is 2.93. The molecule has 1 heterocycles. The van der Waals surface area contributed by atoms with Gasteiger partial charge in [-0.1, -0.05) is 48.0 Å². The molecule has 0 aliphatic carbocycles. The van der Waals surface area contributed by atoms with Crippen LogP contribution in [-0.4, -0.2) is 9.78 Å². The van der Waals surface area contributed by atoms with E-state index in [-0.39, 0.29) is 18.5 Å². The highest BCUT2D eigenvalue weighted by Gasteiger charge is 2.15. The Kier molecular flexibility index (Phi) is 5.10. The molecular formula is C21H18N4O. The highest BCUT2D eigenvalue weighted by molar-refractivity contribution is 5.93. The minimum Gasteiger partial charge on any atom is -0.267 e. The van der Waals surface area contributed by atoms with Crippen LogP contribution >= 0.6 is 0 Å². The molecule has 2 aromatic carbocycles. The molecule has 3 aromatic rings. The predicted molar refractivity (Wildman–Crippen MR) is 100 cm³/mol. The van der Waals surface area contributed by atoms with Crippen molar-refractivity contribution in [1.82, 2.24) is 9.78 Å². The summed E-state index contributed by atoms with van der Waals surface area (Å²) in [5.74, 6) is -0.424. The predicted octanol–water partition coefficient (Wildman–Crippen LogP) is 3.82. The minimum atomic E-state index is -0.424. The van der Waals surface area contributed by atoms with E-state index in [1.807, 2.05) is 55.5 Å². The van der Waals surface area contributed by atoms with Crippen LogP contribution in [0.4, 0.5) is 0 Å². The van der Waals surface area contributed by atoms with Crippen LogP contribution in [0.25, 0.3) is 22.0 Å². The molecule has 0 saturated heterocycles. The van der Waals surface area contributed by atoms with Gasteiger partial charge in [-0.3, -0.25) is 4.79 Å². The third kappa shape index (κ3) is 3.48. The first-order chi connectivity index (χ1) is 12.6. The molecule has 0 N–H and O–H groups in total. The van der Waals surface area contributed by atoms with Gasteiger partial charge in [-0.25, -0.2) is 4.68 Å². The smallest absolute Gasteiger partial charge is 0.267 e. The number of benzene rings is 2. The number of hydrogen-bond acceptors (Lipinski definition) is 4. The topological polar surface area (TPSA) is 82.5 Å². The lowest BCUT2D eigenvalue weighted by atomic mass is 10.0. The number of aryl methyl sites for hydroxylation is 1. The maximum absolute atomic E-state index is 12.8. The lowest BCUT2D eigenvalue weighted by Crippen LogP contribution is -2.27. The third-order valence-corrected chi connectivity index (χ3v) is 4.37. The fourth-order valence-electron chi connectivity index (χ4n) is 2.93. The van der Waals surface area contributed by atoms with Crippen molar-refractivity contribution in [3.05, 3.63) is 64.4 Å². The van der Waals surface area contributed by atoms with Crippen LogP contribution in [0.3, 0.4) is 0 Å². The van der Waals surface area contributed by atoms with Gasteiger partial charge in [-0.05, 0) is 19.4 Å². The molecule has 0 saturated carbocycles. The zero-order valence-electron chi connectivity index (χ0n) is 14.5. The molecule has 0 aliphatic heterocycles. The maximum atomic E-state index is 12.8. The van der Waals surface area contributed by atoms with Gasteiger partial charge in [-0.15, -0.1) is 0 Å². The Hall–Kier alpha value is -3.44. The van der Waals surface area contributed by atoms with Crippen molar-refractivity contribution in [2.75, 3.05) is 0 Å². The van der Waals surface area contributed by atoms with Crippen LogP contribution in [0.5, 0.6) is 0 Å². The zero-order chi connectivity index (χ0) is 18.5. The molecule has 5 heteroatoms. The Labute approximate surface area is 151 Å². The number of hydrogen-bond donors (Lipinski definition) is 0.